The minimum atomic E-state index is -0.572. The van der Waals surface area contributed by atoms with Crippen LogP contribution >= 0.6 is 11.6 Å². The molecule has 0 spiro atoms. The Labute approximate surface area is 220 Å². The Hall–Kier alpha value is -4.22. The molecule has 1 saturated carbocycles. The second kappa shape index (κ2) is 9.68. The van der Waals surface area contributed by atoms with E-state index in [0.717, 1.165) is 57.3 Å². The number of aromatic nitrogens is 2. The van der Waals surface area contributed by atoms with Gasteiger partial charge in [0.1, 0.15) is 10.8 Å². The molecule has 6 heteroatoms. The van der Waals surface area contributed by atoms with Crippen LogP contribution < -0.4 is 5.32 Å². The summed E-state index contributed by atoms with van der Waals surface area (Å²) in [5.74, 6) is 0. The van der Waals surface area contributed by atoms with Crippen LogP contribution in [0.2, 0.25) is 5.15 Å². The first-order chi connectivity index (χ1) is 18.1. The first-order valence-electron chi connectivity index (χ1n) is 12.2. The number of rotatable bonds is 6. The molecule has 0 aliphatic heterocycles. The van der Waals surface area contributed by atoms with Crippen molar-refractivity contribution in [3.63, 3.8) is 0 Å². The quantitative estimate of drug-likeness (QED) is 0.242. The van der Waals surface area contributed by atoms with Crippen LogP contribution in [0.15, 0.2) is 103 Å². The number of pyridine rings is 2. The lowest BCUT2D eigenvalue weighted by atomic mass is 9.96. The van der Waals surface area contributed by atoms with Gasteiger partial charge in [0.2, 0.25) is 0 Å². The summed E-state index contributed by atoms with van der Waals surface area (Å²) in [7, 11) is 0. The fourth-order valence-electron chi connectivity index (χ4n) is 4.60. The lowest BCUT2D eigenvalue weighted by molar-refractivity contribution is 0.0809. The molecule has 2 aromatic heterocycles. The molecule has 5 aromatic rings. The maximum Gasteiger partial charge on any atom is 0.408 e. The van der Waals surface area contributed by atoms with Crippen molar-refractivity contribution in [1.29, 1.82) is 0 Å². The number of halogens is 1. The van der Waals surface area contributed by atoms with Gasteiger partial charge in [-0.05, 0) is 41.7 Å². The molecule has 3 aromatic carbocycles. The second-order valence-corrected chi connectivity index (χ2v) is 9.58. The maximum absolute atomic E-state index is 12.5. The minimum Gasteiger partial charge on any atom is -0.438 e. The summed E-state index contributed by atoms with van der Waals surface area (Å²) in [5, 5.41) is 4.11. The number of nitrogens with zero attached hydrogens (tertiary/aromatic N) is 2. The summed E-state index contributed by atoms with van der Waals surface area (Å²) in [4.78, 5) is 21.7. The molecule has 0 unspecified atom stereocenters. The van der Waals surface area contributed by atoms with E-state index in [2.05, 4.69) is 28.5 Å². The summed E-state index contributed by atoms with van der Waals surface area (Å²) >= 11 is 6.39. The Morgan fingerprint density at radius 3 is 2.30 bits per heavy atom. The average molecular weight is 506 g/mol. The van der Waals surface area contributed by atoms with E-state index in [9.17, 15) is 4.79 Å². The van der Waals surface area contributed by atoms with Crippen molar-refractivity contribution in [1.82, 2.24) is 15.3 Å². The zero-order chi connectivity index (χ0) is 25.2. The lowest BCUT2D eigenvalue weighted by Gasteiger charge is -2.18. The molecule has 1 fully saturated rings. The molecule has 1 N–H and O–H groups in total. The molecule has 0 saturated heterocycles. The lowest BCUT2D eigenvalue weighted by Crippen LogP contribution is -2.28. The smallest absolute Gasteiger partial charge is 0.408 e. The molecule has 2 heterocycles. The van der Waals surface area contributed by atoms with Gasteiger partial charge in [-0.15, -0.1) is 0 Å². The number of amides is 1. The number of hydrogen-bond acceptors (Lipinski definition) is 4. The highest BCUT2D eigenvalue weighted by atomic mass is 35.5. The van der Waals surface area contributed by atoms with Crippen LogP contribution in [0.25, 0.3) is 33.3 Å². The summed E-state index contributed by atoms with van der Waals surface area (Å²) < 4.78 is 5.88. The van der Waals surface area contributed by atoms with Crippen LogP contribution in [0.1, 0.15) is 24.0 Å². The third-order valence-corrected chi connectivity index (χ3v) is 7.04. The Morgan fingerprint density at radius 1 is 0.892 bits per heavy atom. The van der Waals surface area contributed by atoms with E-state index in [1.54, 1.807) is 6.20 Å². The van der Waals surface area contributed by atoms with Gasteiger partial charge in [0.05, 0.1) is 11.2 Å². The van der Waals surface area contributed by atoms with Crippen molar-refractivity contribution in [2.75, 3.05) is 0 Å². The number of alkyl carbamates (subject to hydrolysis) is 1. The standard InChI is InChI=1S/C31H24ClN3O2/c32-29-26-19-25(22-9-5-2-6-10-22)28(35-27(26)15-18-33-29)23-11-13-24(14-12-23)31(16-17-31)37-30(36)34-20-21-7-3-1-4-8-21/h1-15,18-19H,16-17,20H2,(H,34,36). The van der Waals surface area contributed by atoms with Gasteiger partial charge in [-0.25, -0.2) is 14.8 Å². The number of hydrogen-bond donors (Lipinski definition) is 1. The van der Waals surface area contributed by atoms with Gasteiger partial charge in [-0.2, -0.15) is 0 Å². The van der Waals surface area contributed by atoms with E-state index < -0.39 is 11.7 Å². The van der Waals surface area contributed by atoms with Gasteiger partial charge in [-0.1, -0.05) is 96.5 Å². The van der Waals surface area contributed by atoms with E-state index in [4.69, 9.17) is 21.3 Å². The molecule has 6 rings (SSSR count). The highest BCUT2D eigenvalue weighted by Crippen LogP contribution is 2.49. The summed E-state index contributed by atoms with van der Waals surface area (Å²) in [6.07, 6.45) is 2.88. The molecule has 5 nitrogen and oxygen atoms in total. The van der Waals surface area contributed by atoms with Crippen molar-refractivity contribution in [3.05, 3.63) is 120 Å². The predicted molar refractivity (Wildman–Crippen MR) is 146 cm³/mol. The number of fused-ring (bicyclic) bond motifs is 1. The molecule has 0 radical (unpaired) electrons. The van der Waals surface area contributed by atoms with Gasteiger partial charge < -0.3 is 10.1 Å². The molecule has 0 bridgehead atoms. The SMILES string of the molecule is O=C(NCc1ccccc1)OC1(c2ccc(-c3nc4ccnc(Cl)c4cc3-c3ccccc3)cc2)CC1. The van der Waals surface area contributed by atoms with Crippen molar-refractivity contribution < 1.29 is 9.53 Å². The van der Waals surface area contributed by atoms with Gasteiger partial charge in [0, 0.05) is 29.3 Å². The number of carbonyl (C=O) groups is 1. The van der Waals surface area contributed by atoms with Gasteiger partial charge in [-0.3, -0.25) is 0 Å². The molecule has 37 heavy (non-hydrogen) atoms. The summed E-state index contributed by atoms with van der Waals surface area (Å²) in [6, 6.07) is 32.0. The number of benzene rings is 3. The van der Waals surface area contributed by atoms with Crippen LogP contribution in [0.5, 0.6) is 0 Å². The monoisotopic (exact) mass is 505 g/mol. The Morgan fingerprint density at radius 2 is 1.59 bits per heavy atom. The van der Waals surface area contributed by atoms with E-state index in [0.29, 0.717) is 11.7 Å². The molecular formula is C31H24ClN3O2. The van der Waals surface area contributed by atoms with E-state index in [1.165, 1.54) is 0 Å². The van der Waals surface area contributed by atoms with E-state index in [1.807, 2.05) is 78.9 Å². The Kier molecular flexibility index (Phi) is 6.07. The zero-order valence-corrected chi connectivity index (χ0v) is 20.8. The van der Waals surface area contributed by atoms with Crippen molar-refractivity contribution >= 4 is 28.6 Å². The second-order valence-electron chi connectivity index (χ2n) is 9.22. The summed E-state index contributed by atoms with van der Waals surface area (Å²) in [5.41, 5.74) is 6.10. The third-order valence-electron chi connectivity index (χ3n) is 6.74. The molecule has 0 atom stereocenters. The highest BCUT2D eigenvalue weighted by Gasteiger charge is 2.48. The number of carbonyl (C=O) groups excluding carboxylic acids is 1. The zero-order valence-electron chi connectivity index (χ0n) is 20.0. The molecular weight excluding hydrogens is 482 g/mol. The van der Waals surface area contributed by atoms with Crippen molar-refractivity contribution in [2.24, 2.45) is 0 Å². The van der Waals surface area contributed by atoms with Crippen LogP contribution in [0, 0.1) is 0 Å². The summed E-state index contributed by atoms with van der Waals surface area (Å²) in [6.45, 7) is 0.435. The Balaban J connectivity index is 1.28. The fraction of sp³-hybridized carbons (Fsp3) is 0.129. The minimum absolute atomic E-state index is 0.404. The van der Waals surface area contributed by atoms with Crippen LogP contribution in [-0.4, -0.2) is 16.1 Å². The number of nitrogens with one attached hydrogen (secondary N) is 1. The first-order valence-corrected chi connectivity index (χ1v) is 12.6. The van der Waals surface area contributed by atoms with Crippen molar-refractivity contribution in [3.8, 4) is 22.4 Å². The van der Waals surface area contributed by atoms with E-state index in [-0.39, 0.29) is 0 Å². The molecule has 182 valence electrons. The highest BCUT2D eigenvalue weighted by molar-refractivity contribution is 6.34. The van der Waals surface area contributed by atoms with Crippen LogP contribution in [0.3, 0.4) is 0 Å². The van der Waals surface area contributed by atoms with E-state index >= 15 is 0 Å². The van der Waals surface area contributed by atoms with Gasteiger partial charge in [0.15, 0.2) is 0 Å². The van der Waals surface area contributed by atoms with Gasteiger partial charge >= 0.3 is 6.09 Å². The van der Waals surface area contributed by atoms with Gasteiger partial charge in [0.25, 0.3) is 0 Å². The molecule has 1 aliphatic carbocycles. The number of ether oxygens (including phenoxy) is 1. The van der Waals surface area contributed by atoms with Crippen LogP contribution in [-0.2, 0) is 16.9 Å². The third kappa shape index (κ3) is 4.78. The predicted octanol–water partition coefficient (Wildman–Crippen LogP) is 7.53. The topological polar surface area (TPSA) is 64.1 Å². The molecule has 1 aliphatic rings. The fourth-order valence-corrected chi connectivity index (χ4v) is 4.81. The molecule has 1 amide bonds. The average Bonchev–Trinajstić information content (AvgIpc) is 3.73. The maximum atomic E-state index is 12.5. The normalized spacial score (nSPS) is 13.8. The Bertz CT molecular complexity index is 1570. The largest absolute Gasteiger partial charge is 0.438 e. The van der Waals surface area contributed by atoms with Crippen LogP contribution in [0.4, 0.5) is 4.79 Å². The first kappa shape index (κ1) is 23.2. The van der Waals surface area contributed by atoms with Crippen molar-refractivity contribution in [2.45, 2.75) is 25.0 Å².